The first-order valence-corrected chi connectivity index (χ1v) is 9.56. The molecule has 0 aliphatic carbocycles. The van der Waals surface area contributed by atoms with Gasteiger partial charge in [0, 0.05) is 17.1 Å². The molecule has 27 heavy (non-hydrogen) atoms. The number of anilines is 1. The Hall–Kier alpha value is -2.38. The zero-order chi connectivity index (χ0) is 19.6. The second-order valence-electron chi connectivity index (χ2n) is 5.82. The van der Waals surface area contributed by atoms with Crippen molar-refractivity contribution in [1.82, 2.24) is 4.90 Å². The summed E-state index contributed by atoms with van der Waals surface area (Å²) in [4.78, 5) is 16.3. The molecule has 140 valence electrons. The van der Waals surface area contributed by atoms with Gasteiger partial charge >= 0.3 is 0 Å². The van der Waals surface area contributed by atoms with Crippen LogP contribution in [-0.4, -0.2) is 36.7 Å². The van der Waals surface area contributed by atoms with E-state index in [0.29, 0.717) is 28.9 Å². The predicted octanol–water partition coefficient (Wildman–Crippen LogP) is 4.46. The molecule has 1 amide bonds. The molecule has 0 aromatic heterocycles. The van der Waals surface area contributed by atoms with E-state index in [9.17, 15) is 4.79 Å². The SMILES string of the molecule is CCOc1ccc(N2C(=O)/C(=C/c3cc(Br)ccc3OC)N(C)C2=S)cc1. The number of likely N-dealkylation sites (N-methyl/N-ethyl adjacent to an activating group) is 1. The number of ether oxygens (including phenoxy) is 2. The Morgan fingerprint density at radius 1 is 1.19 bits per heavy atom. The van der Waals surface area contributed by atoms with Gasteiger partial charge in [0.05, 0.1) is 19.4 Å². The van der Waals surface area contributed by atoms with E-state index in [1.54, 1.807) is 25.1 Å². The zero-order valence-electron chi connectivity index (χ0n) is 15.2. The van der Waals surface area contributed by atoms with E-state index >= 15 is 0 Å². The van der Waals surface area contributed by atoms with Crippen molar-refractivity contribution in [3.63, 3.8) is 0 Å². The molecule has 0 unspecified atom stereocenters. The Balaban J connectivity index is 1.97. The van der Waals surface area contributed by atoms with E-state index in [4.69, 9.17) is 21.7 Å². The number of methoxy groups -OCH3 is 1. The standard InChI is InChI=1S/C20H19BrN2O3S/c1-4-26-16-8-6-15(7-9-16)23-19(24)17(22(2)20(23)27)12-13-11-14(21)5-10-18(13)25-3/h5-12H,4H2,1-3H3/b17-12-. The number of carbonyl (C=O) groups is 1. The van der Waals surface area contributed by atoms with E-state index < -0.39 is 0 Å². The minimum Gasteiger partial charge on any atom is -0.496 e. The van der Waals surface area contributed by atoms with E-state index in [1.807, 2.05) is 49.4 Å². The fourth-order valence-electron chi connectivity index (χ4n) is 2.81. The highest BCUT2D eigenvalue weighted by Crippen LogP contribution is 2.31. The van der Waals surface area contributed by atoms with E-state index in [0.717, 1.165) is 15.8 Å². The summed E-state index contributed by atoms with van der Waals surface area (Å²) in [5.74, 6) is 1.24. The number of amides is 1. The number of benzene rings is 2. The normalized spacial score (nSPS) is 15.6. The van der Waals surface area contributed by atoms with Crippen LogP contribution in [0.5, 0.6) is 11.5 Å². The molecule has 0 atom stereocenters. The van der Waals surface area contributed by atoms with Crippen LogP contribution >= 0.6 is 28.1 Å². The highest BCUT2D eigenvalue weighted by molar-refractivity contribution is 9.10. The number of hydrogen-bond donors (Lipinski definition) is 0. The third kappa shape index (κ3) is 3.84. The van der Waals surface area contributed by atoms with Gasteiger partial charge in [-0.25, -0.2) is 0 Å². The molecule has 0 radical (unpaired) electrons. The molecule has 1 saturated heterocycles. The molecule has 2 aromatic rings. The van der Waals surface area contributed by atoms with Gasteiger partial charge in [-0.05, 0) is 67.7 Å². The highest BCUT2D eigenvalue weighted by atomic mass is 79.9. The van der Waals surface area contributed by atoms with Gasteiger partial charge in [0.1, 0.15) is 17.2 Å². The van der Waals surface area contributed by atoms with Crippen molar-refractivity contribution in [3.8, 4) is 11.5 Å². The van der Waals surface area contributed by atoms with Crippen molar-refractivity contribution in [2.45, 2.75) is 6.92 Å². The summed E-state index contributed by atoms with van der Waals surface area (Å²) in [6.07, 6.45) is 1.78. The Morgan fingerprint density at radius 2 is 1.89 bits per heavy atom. The minimum atomic E-state index is -0.186. The van der Waals surface area contributed by atoms with Gasteiger partial charge < -0.3 is 14.4 Å². The van der Waals surface area contributed by atoms with Crippen molar-refractivity contribution in [3.05, 3.63) is 58.2 Å². The van der Waals surface area contributed by atoms with Crippen molar-refractivity contribution < 1.29 is 14.3 Å². The molecular formula is C20H19BrN2O3S. The van der Waals surface area contributed by atoms with Gasteiger partial charge in [0.2, 0.25) is 0 Å². The molecule has 1 fully saturated rings. The molecule has 0 bridgehead atoms. The maximum Gasteiger partial charge on any atom is 0.281 e. The molecule has 2 aromatic carbocycles. The number of carbonyl (C=O) groups excluding carboxylic acids is 1. The maximum absolute atomic E-state index is 13.1. The second-order valence-corrected chi connectivity index (χ2v) is 7.11. The molecule has 0 saturated carbocycles. The lowest BCUT2D eigenvalue weighted by molar-refractivity contribution is -0.114. The predicted molar refractivity (Wildman–Crippen MR) is 114 cm³/mol. The number of rotatable bonds is 5. The van der Waals surface area contributed by atoms with E-state index in [-0.39, 0.29) is 5.91 Å². The smallest absolute Gasteiger partial charge is 0.281 e. The van der Waals surface area contributed by atoms with Crippen LogP contribution < -0.4 is 14.4 Å². The monoisotopic (exact) mass is 446 g/mol. The molecule has 7 heteroatoms. The molecular weight excluding hydrogens is 428 g/mol. The first-order valence-electron chi connectivity index (χ1n) is 8.36. The van der Waals surface area contributed by atoms with Gasteiger partial charge in [0.25, 0.3) is 5.91 Å². The lowest BCUT2D eigenvalue weighted by Crippen LogP contribution is -2.31. The number of halogens is 1. The Bertz CT molecular complexity index is 912. The highest BCUT2D eigenvalue weighted by Gasteiger charge is 2.37. The van der Waals surface area contributed by atoms with Gasteiger partial charge in [-0.1, -0.05) is 15.9 Å². The number of hydrogen-bond acceptors (Lipinski definition) is 4. The first-order chi connectivity index (χ1) is 13.0. The molecule has 0 spiro atoms. The van der Waals surface area contributed by atoms with Gasteiger partial charge in [-0.3, -0.25) is 9.69 Å². The number of nitrogens with zero attached hydrogens (tertiary/aromatic N) is 2. The molecule has 1 heterocycles. The summed E-state index contributed by atoms with van der Waals surface area (Å²) in [5.41, 5.74) is 1.97. The van der Waals surface area contributed by atoms with Crippen molar-refractivity contribution in [2.75, 3.05) is 25.7 Å². The molecule has 5 nitrogen and oxygen atoms in total. The average Bonchev–Trinajstić information content (AvgIpc) is 2.86. The van der Waals surface area contributed by atoms with Crippen LogP contribution in [0.25, 0.3) is 6.08 Å². The fraction of sp³-hybridized carbons (Fsp3) is 0.200. The average molecular weight is 447 g/mol. The largest absolute Gasteiger partial charge is 0.496 e. The van der Waals surface area contributed by atoms with Gasteiger partial charge in [-0.15, -0.1) is 0 Å². The topological polar surface area (TPSA) is 42.0 Å². The summed E-state index contributed by atoms with van der Waals surface area (Å²) in [6.45, 7) is 2.51. The van der Waals surface area contributed by atoms with Crippen LogP contribution in [-0.2, 0) is 4.79 Å². The van der Waals surface area contributed by atoms with Crippen LogP contribution in [0.3, 0.4) is 0 Å². The minimum absolute atomic E-state index is 0.186. The third-order valence-corrected chi connectivity index (χ3v) is 5.10. The first kappa shape index (κ1) is 19.4. The van der Waals surface area contributed by atoms with Crippen molar-refractivity contribution >= 4 is 50.9 Å². The quantitative estimate of drug-likeness (QED) is 0.500. The summed E-state index contributed by atoms with van der Waals surface area (Å²) < 4.78 is 11.8. The summed E-state index contributed by atoms with van der Waals surface area (Å²) in [6, 6.07) is 12.9. The van der Waals surface area contributed by atoms with E-state index in [1.165, 1.54) is 4.90 Å². The zero-order valence-corrected chi connectivity index (χ0v) is 17.6. The third-order valence-electron chi connectivity index (χ3n) is 4.15. The lowest BCUT2D eigenvalue weighted by atomic mass is 10.1. The number of thiocarbonyl (C=S) groups is 1. The van der Waals surface area contributed by atoms with Crippen LogP contribution in [0, 0.1) is 0 Å². The van der Waals surface area contributed by atoms with Crippen LogP contribution in [0.1, 0.15) is 12.5 Å². The maximum atomic E-state index is 13.1. The summed E-state index contributed by atoms with van der Waals surface area (Å²) in [5, 5.41) is 0.421. The second kappa shape index (κ2) is 8.10. The Morgan fingerprint density at radius 3 is 2.52 bits per heavy atom. The Labute approximate surface area is 172 Å². The molecule has 1 aliphatic rings. The summed E-state index contributed by atoms with van der Waals surface area (Å²) >= 11 is 8.96. The summed E-state index contributed by atoms with van der Waals surface area (Å²) in [7, 11) is 3.38. The molecule has 0 N–H and O–H groups in total. The van der Waals surface area contributed by atoms with Gasteiger partial charge in [0.15, 0.2) is 5.11 Å². The van der Waals surface area contributed by atoms with E-state index in [2.05, 4.69) is 15.9 Å². The van der Waals surface area contributed by atoms with Crippen molar-refractivity contribution in [2.24, 2.45) is 0 Å². The molecule has 1 aliphatic heterocycles. The molecule has 3 rings (SSSR count). The van der Waals surface area contributed by atoms with Gasteiger partial charge in [-0.2, -0.15) is 0 Å². The fourth-order valence-corrected chi connectivity index (χ4v) is 3.47. The van der Waals surface area contributed by atoms with Crippen LogP contribution in [0.2, 0.25) is 0 Å². The lowest BCUT2D eigenvalue weighted by Gasteiger charge is -2.16. The van der Waals surface area contributed by atoms with Crippen molar-refractivity contribution in [1.29, 1.82) is 0 Å². The van der Waals surface area contributed by atoms with Crippen LogP contribution in [0.4, 0.5) is 5.69 Å². The Kier molecular flexibility index (Phi) is 5.82. The van der Waals surface area contributed by atoms with Crippen LogP contribution in [0.15, 0.2) is 52.6 Å².